The molecule has 0 bridgehead atoms. The molecule has 0 saturated carbocycles. The maximum atomic E-state index is 12.8. The average Bonchev–Trinajstić information content (AvgIpc) is 1.71. The van der Waals surface area contributed by atoms with Crippen LogP contribution in [0.3, 0.4) is 0 Å². The summed E-state index contributed by atoms with van der Waals surface area (Å²) in [5.74, 6) is -1.04. The van der Waals surface area contributed by atoms with E-state index in [0.717, 1.165) is 146 Å². The number of aromatic nitrogens is 8. The van der Waals surface area contributed by atoms with Gasteiger partial charge < -0.3 is 25.0 Å². The minimum atomic E-state index is -1.22. The molecule has 14 rings (SSSR count). The van der Waals surface area contributed by atoms with Gasteiger partial charge in [-0.2, -0.15) is 0 Å². The van der Waals surface area contributed by atoms with Crippen LogP contribution >= 0.6 is 82.6 Å². The normalized spacial score (nSPS) is 12.1. The van der Waals surface area contributed by atoms with Crippen LogP contribution < -0.4 is 16.9 Å². The number of carboxylic acids is 1. The first-order chi connectivity index (χ1) is 55.1. The number of pyridine rings is 7. The van der Waals surface area contributed by atoms with E-state index in [2.05, 4.69) is 126 Å². The summed E-state index contributed by atoms with van der Waals surface area (Å²) < 4.78 is 2.93. The minimum Gasteiger partial charge on any atom is -0.477 e. The Balaban J connectivity index is 0.000000173. The van der Waals surface area contributed by atoms with Gasteiger partial charge in [-0.15, -0.1) is 0 Å². The first-order valence-corrected chi connectivity index (χ1v) is 43.2. The summed E-state index contributed by atoms with van der Waals surface area (Å²) in [4.78, 5) is 94.9. The van der Waals surface area contributed by atoms with E-state index < -0.39 is 11.5 Å². The number of fused-ring (bicyclic) bond motifs is 5. The van der Waals surface area contributed by atoms with Crippen molar-refractivity contribution in [3.63, 3.8) is 0 Å². The topological polar surface area (TPSA) is 239 Å². The number of ketones is 2. The number of hydrogen-bond donors (Lipinski definition) is 3. The van der Waals surface area contributed by atoms with Gasteiger partial charge in [-0.25, -0.2) is 9.78 Å². The standard InChI is InChI=1S/C26H26ClN3O2.C13H14BrNO.C13H16BrN.C13H10ClNO3.C13H18N2.C8H7N.C5H8BrClO/c27-21-13-11-19(12-14-21)18-30-16-6-9-23(26(30)32)24(31)10-4-2-1-3-7-20-17-29-25-22(20)8-5-15-28-25;14-8-2-1-5-13(16)11-6-7-12-10(11)4-3-9-15-12;14-9-3-1-2-5-11-7-8-13-12(11)6-4-10-15-13;14-10-5-3-9(4-6-10)8-15-7-1-2-11(12(15)16)13(17)18;14-9-3-1-2-5-11-7-8-13-12(11)6-4-10-15-13;1-3-7-4-2-6-9-8(7)5-1;6-4-2-1-3-5(7)8/h5-6,8-9,11-17H,1-4,7,10,18H2,(H,28,29);3-4,6,9H,1-2,5,7-8H2;4,6-7,10H,1-3,5,8-9H2;1-7H,8H2,(H,17,18);4,6-7,10H,1-3,5,8-9,14H2;1-4,6H,5H2;1-4H2. The third-order valence-electron chi connectivity index (χ3n) is 19.1. The van der Waals surface area contributed by atoms with Crippen molar-refractivity contribution in [2.45, 2.75) is 167 Å². The van der Waals surface area contributed by atoms with Crippen molar-refractivity contribution >= 4 is 139 Å². The number of carboxylic acid groups (broad SMARTS) is 1. The highest BCUT2D eigenvalue weighted by atomic mass is 79.9. The van der Waals surface area contributed by atoms with Crippen LogP contribution in [0.1, 0.15) is 204 Å². The lowest BCUT2D eigenvalue weighted by atomic mass is 10.0. The molecule has 4 aliphatic rings. The number of halogens is 6. The van der Waals surface area contributed by atoms with Crippen LogP contribution in [-0.4, -0.2) is 89.5 Å². The van der Waals surface area contributed by atoms with Gasteiger partial charge in [-0.05, 0) is 231 Å². The van der Waals surface area contributed by atoms with Crippen molar-refractivity contribution in [3.05, 3.63) is 311 Å². The largest absolute Gasteiger partial charge is 0.477 e. The molecular weight excluding hydrogens is 1680 g/mol. The molecule has 113 heavy (non-hydrogen) atoms. The predicted molar refractivity (Wildman–Crippen MR) is 472 cm³/mol. The number of carbonyl (C=O) groups excluding carboxylic acids is 3. The second kappa shape index (κ2) is 50.5. The van der Waals surface area contributed by atoms with Gasteiger partial charge in [0.15, 0.2) is 11.6 Å². The maximum absolute atomic E-state index is 12.8. The van der Waals surface area contributed by atoms with E-state index in [-0.39, 0.29) is 33.5 Å². The van der Waals surface area contributed by atoms with Crippen LogP contribution in [0.25, 0.3) is 33.8 Å². The number of aromatic amines is 1. The van der Waals surface area contributed by atoms with Gasteiger partial charge in [0.25, 0.3) is 11.1 Å². The summed E-state index contributed by atoms with van der Waals surface area (Å²) in [7, 11) is 0. The summed E-state index contributed by atoms with van der Waals surface area (Å²) in [5, 5.41) is 14.1. The molecule has 0 radical (unpaired) electrons. The summed E-state index contributed by atoms with van der Waals surface area (Å²) in [6.07, 6.45) is 49.5. The fourth-order valence-corrected chi connectivity index (χ4v) is 14.7. The van der Waals surface area contributed by atoms with Crippen molar-refractivity contribution in [1.82, 2.24) is 39.0 Å². The average molecular weight is 1780 g/mol. The SMILES string of the molecule is BrCCCCCC1=CCc2ncccc21.C1=Cc2cccnc2C1.NCCCCCC1=CCc2ncccc21.O=C(CCCCBr)C1=CCc2ncccc21.O=C(CCCCCCc1c[nH]c2ncccc12)c1cccn(Cc2ccc(Cl)cc2)c1=O.O=C(Cl)CCCCBr.O=C(O)c1cccn(Cc2ccc(Cl)cc2)c1=O. The lowest BCUT2D eigenvalue weighted by Gasteiger charge is -2.08. The lowest BCUT2D eigenvalue weighted by molar-refractivity contribution is -0.114. The number of nitrogens with two attached hydrogens (primary N) is 1. The fraction of sp³-hybridized carbons (Fsp3) is 0.330. The maximum Gasteiger partial charge on any atom is 0.341 e. The van der Waals surface area contributed by atoms with E-state index in [0.29, 0.717) is 42.4 Å². The quantitative estimate of drug-likeness (QED) is 0.0154. The molecule has 10 aromatic rings. The molecule has 0 fully saturated rings. The molecule has 4 aliphatic carbocycles. The number of aryl methyl sites for hydroxylation is 1. The van der Waals surface area contributed by atoms with Crippen LogP contribution in [0.15, 0.2) is 217 Å². The fourth-order valence-electron chi connectivity index (χ4n) is 13.1. The Labute approximate surface area is 703 Å². The van der Waals surface area contributed by atoms with Crippen molar-refractivity contribution in [2.75, 3.05) is 22.5 Å². The smallest absolute Gasteiger partial charge is 0.341 e. The second-order valence-electron chi connectivity index (χ2n) is 27.3. The number of alkyl halides is 3. The van der Waals surface area contributed by atoms with Gasteiger partial charge in [-0.3, -0.25) is 43.9 Å². The molecular formula is C91H99Br3Cl3N9O7. The van der Waals surface area contributed by atoms with Gasteiger partial charge in [-0.1, -0.05) is 176 Å². The number of rotatable bonds is 32. The highest BCUT2D eigenvalue weighted by Gasteiger charge is 2.21. The molecule has 8 heterocycles. The first-order valence-electron chi connectivity index (χ1n) is 38.8. The molecule has 8 aromatic heterocycles. The van der Waals surface area contributed by atoms with Gasteiger partial charge in [0.2, 0.25) is 5.24 Å². The molecule has 0 amide bonds. The molecule has 592 valence electrons. The van der Waals surface area contributed by atoms with Crippen molar-refractivity contribution in [3.8, 4) is 0 Å². The first kappa shape index (κ1) is 89.9. The second-order valence-corrected chi connectivity index (χ2v) is 31.0. The number of nitrogens with one attached hydrogen (secondary N) is 1. The molecule has 0 unspecified atom stereocenters. The van der Waals surface area contributed by atoms with E-state index in [1.807, 2.05) is 79.4 Å². The summed E-state index contributed by atoms with van der Waals surface area (Å²) in [6, 6.07) is 41.1. The number of hydrogen-bond acceptors (Lipinski definition) is 12. The van der Waals surface area contributed by atoms with Crippen LogP contribution in [0.5, 0.6) is 0 Å². The van der Waals surface area contributed by atoms with E-state index in [4.69, 9.17) is 45.6 Å². The Hall–Kier alpha value is -8.66. The molecule has 0 spiro atoms. The van der Waals surface area contributed by atoms with Crippen molar-refractivity contribution in [1.29, 1.82) is 0 Å². The lowest BCUT2D eigenvalue weighted by Crippen LogP contribution is -2.26. The zero-order valence-corrected chi connectivity index (χ0v) is 70.8. The molecule has 16 nitrogen and oxygen atoms in total. The summed E-state index contributed by atoms with van der Waals surface area (Å²) in [6.45, 7) is 1.55. The molecule has 4 N–H and O–H groups in total. The van der Waals surface area contributed by atoms with Crippen LogP contribution in [0.2, 0.25) is 10.0 Å². The zero-order chi connectivity index (χ0) is 80.4. The zero-order valence-electron chi connectivity index (χ0n) is 63.8. The highest BCUT2D eigenvalue weighted by molar-refractivity contribution is 9.09. The number of benzene rings is 2. The number of aromatic carboxylic acids is 1. The monoisotopic (exact) mass is 1770 g/mol. The van der Waals surface area contributed by atoms with E-state index >= 15 is 0 Å². The van der Waals surface area contributed by atoms with Gasteiger partial charge in [0, 0.05) is 137 Å². The molecule has 2 aromatic carbocycles. The minimum absolute atomic E-state index is 0.0804. The van der Waals surface area contributed by atoms with Gasteiger partial charge >= 0.3 is 5.97 Å². The molecule has 22 heteroatoms. The third-order valence-corrected chi connectivity index (χ3v) is 21.5. The van der Waals surface area contributed by atoms with Gasteiger partial charge in [0.05, 0.1) is 41.4 Å². The number of unbranched alkanes of at least 4 members (excludes halogenated alkanes) is 9. The number of Topliss-reactive ketones (excluding diaryl/α,β-unsaturated/α-hetero) is 2. The predicted octanol–water partition coefficient (Wildman–Crippen LogP) is 21.7. The number of nitrogens with zero attached hydrogens (tertiary/aromatic N) is 7. The third kappa shape index (κ3) is 30.2. The molecule has 0 saturated heterocycles. The number of allylic oxidation sites excluding steroid dienone is 7. The number of carbonyl (C=O) groups is 4. The Morgan fingerprint density at radius 3 is 1.50 bits per heavy atom. The summed E-state index contributed by atoms with van der Waals surface area (Å²) in [5.41, 5.74) is 22.5. The van der Waals surface area contributed by atoms with E-state index in [9.17, 15) is 28.8 Å². The van der Waals surface area contributed by atoms with Crippen molar-refractivity contribution < 1.29 is 24.3 Å². The van der Waals surface area contributed by atoms with Crippen molar-refractivity contribution in [2.24, 2.45) is 5.73 Å². The van der Waals surface area contributed by atoms with E-state index in [1.54, 1.807) is 84.0 Å². The summed E-state index contributed by atoms with van der Waals surface area (Å²) >= 11 is 26.8. The Kier molecular flexibility index (Phi) is 40.2. The number of H-pyrrole nitrogens is 1. The van der Waals surface area contributed by atoms with Gasteiger partial charge in [0.1, 0.15) is 11.2 Å². The van der Waals surface area contributed by atoms with Crippen LogP contribution in [-0.2, 0) is 54.8 Å². The Morgan fingerprint density at radius 2 is 0.929 bits per heavy atom. The Bertz CT molecular complexity index is 4870. The van der Waals surface area contributed by atoms with E-state index in [1.165, 1.54) is 111 Å². The Morgan fingerprint density at radius 1 is 0.469 bits per heavy atom. The van der Waals surface area contributed by atoms with Crippen LogP contribution in [0, 0.1) is 0 Å². The molecule has 0 atom stereocenters. The van der Waals surface area contributed by atoms with Crippen LogP contribution in [0.4, 0.5) is 0 Å². The molecule has 0 aliphatic heterocycles. The highest BCUT2D eigenvalue weighted by Crippen LogP contribution is 2.32.